The highest BCUT2D eigenvalue weighted by Gasteiger charge is 2.01. The number of para-hydroxylation sites is 1. The molecular formula is C9H6N2O4. The number of hydrogen-bond donors (Lipinski definition) is 0. The van der Waals surface area contributed by atoms with Crippen molar-refractivity contribution in [1.29, 1.82) is 0 Å². The molecule has 2 aromatic rings. The quantitative estimate of drug-likeness (QED) is 0.434. The average Bonchev–Trinajstić information content (AvgIpc) is 2.26. The van der Waals surface area contributed by atoms with Gasteiger partial charge in [0.05, 0.1) is 5.52 Å². The van der Waals surface area contributed by atoms with E-state index in [1.165, 1.54) is 6.07 Å². The van der Waals surface area contributed by atoms with Gasteiger partial charge >= 0.3 is 5.09 Å². The fraction of sp³-hybridized carbons (Fsp3) is 0. The fourth-order valence-corrected chi connectivity index (χ4v) is 1.16. The van der Waals surface area contributed by atoms with E-state index in [4.69, 9.17) is 0 Å². The lowest BCUT2D eigenvalue weighted by Gasteiger charge is -2.00. The van der Waals surface area contributed by atoms with Crippen molar-refractivity contribution in [3.63, 3.8) is 0 Å². The minimum atomic E-state index is -1.04. The first-order valence-corrected chi connectivity index (χ1v) is 4.10. The van der Waals surface area contributed by atoms with Gasteiger partial charge in [-0.25, -0.2) is 4.98 Å². The van der Waals surface area contributed by atoms with Crippen LogP contribution in [0.15, 0.2) is 36.4 Å². The number of fused-ring (bicyclic) bond motifs is 1. The molecule has 6 nitrogen and oxygen atoms in total. The summed E-state index contributed by atoms with van der Waals surface area (Å²) in [5.74, 6) is 0.0467. The summed E-state index contributed by atoms with van der Waals surface area (Å²) < 4.78 is 0. The van der Waals surface area contributed by atoms with Crippen LogP contribution in [-0.2, 0) is 4.99 Å². The van der Waals surface area contributed by atoms with Crippen molar-refractivity contribution in [3.05, 3.63) is 46.5 Å². The van der Waals surface area contributed by atoms with E-state index >= 15 is 0 Å². The molecule has 1 aromatic heterocycles. The zero-order chi connectivity index (χ0) is 10.7. The first kappa shape index (κ1) is 9.20. The van der Waals surface area contributed by atoms with E-state index < -0.39 is 5.09 Å². The van der Waals surface area contributed by atoms with E-state index in [0.717, 1.165) is 5.39 Å². The lowest BCUT2D eigenvalue weighted by molar-refractivity contribution is -0.833. The van der Waals surface area contributed by atoms with Crippen LogP contribution in [0.5, 0.6) is 5.88 Å². The highest BCUT2D eigenvalue weighted by Crippen LogP contribution is 2.15. The Labute approximate surface area is 84.1 Å². The number of aromatic nitrogens is 1. The number of benzene rings is 1. The molecule has 0 bridgehead atoms. The maximum atomic E-state index is 9.87. The summed E-state index contributed by atoms with van der Waals surface area (Å²) in [6.45, 7) is 0. The first-order valence-electron chi connectivity index (χ1n) is 4.10. The van der Waals surface area contributed by atoms with Crippen molar-refractivity contribution in [2.24, 2.45) is 0 Å². The molecule has 0 fully saturated rings. The second-order valence-corrected chi connectivity index (χ2v) is 2.72. The molecule has 6 heteroatoms. The van der Waals surface area contributed by atoms with Gasteiger partial charge < -0.3 is 0 Å². The van der Waals surface area contributed by atoms with Crippen LogP contribution >= 0.6 is 0 Å². The molecule has 2 rings (SSSR count). The van der Waals surface area contributed by atoms with E-state index in [0.29, 0.717) is 5.52 Å². The number of rotatable bonds is 3. The van der Waals surface area contributed by atoms with Crippen molar-refractivity contribution >= 4 is 10.9 Å². The molecular weight excluding hydrogens is 200 g/mol. The third-order valence-corrected chi connectivity index (χ3v) is 1.76. The molecule has 0 aliphatic rings. The zero-order valence-electron chi connectivity index (χ0n) is 7.49. The molecule has 0 atom stereocenters. The van der Waals surface area contributed by atoms with E-state index in [1.807, 2.05) is 18.2 Å². The van der Waals surface area contributed by atoms with E-state index in [1.54, 1.807) is 12.1 Å². The molecule has 0 spiro atoms. The van der Waals surface area contributed by atoms with Crippen LogP contribution < -0.4 is 4.89 Å². The third-order valence-electron chi connectivity index (χ3n) is 1.76. The number of nitrogens with zero attached hydrogens (tertiary/aromatic N) is 2. The van der Waals surface area contributed by atoms with Crippen LogP contribution in [0.1, 0.15) is 0 Å². The van der Waals surface area contributed by atoms with Gasteiger partial charge in [-0.3, -0.25) is 4.89 Å². The maximum Gasteiger partial charge on any atom is 0.331 e. The standard InChI is InChI=1S/C9H6N2O4/c12-11(13)15-14-9-6-5-7-3-1-2-4-8(7)10-9/h1-6H. The second-order valence-electron chi connectivity index (χ2n) is 2.72. The summed E-state index contributed by atoms with van der Waals surface area (Å²) in [5.41, 5.74) is 0.682. The Morgan fingerprint density at radius 2 is 2.00 bits per heavy atom. The van der Waals surface area contributed by atoms with Gasteiger partial charge in [-0.1, -0.05) is 23.2 Å². The van der Waals surface area contributed by atoms with Gasteiger partial charge in [0.2, 0.25) is 0 Å². The van der Waals surface area contributed by atoms with Gasteiger partial charge in [0.15, 0.2) is 0 Å². The lowest BCUT2D eigenvalue weighted by Crippen LogP contribution is -2.05. The van der Waals surface area contributed by atoms with Crippen molar-refractivity contribution in [2.45, 2.75) is 0 Å². The minimum absolute atomic E-state index is 0.0467. The number of pyridine rings is 1. The summed E-state index contributed by atoms with van der Waals surface area (Å²) in [5, 5.41) is 9.74. The van der Waals surface area contributed by atoms with Gasteiger partial charge in [-0.2, -0.15) is 0 Å². The maximum absolute atomic E-state index is 9.87. The average molecular weight is 206 g/mol. The van der Waals surface area contributed by atoms with E-state index in [2.05, 4.69) is 14.9 Å². The topological polar surface area (TPSA) is 74.5 Å². The van der Waals surface area contributed by atoms with Crippen molar-refractivity contribution < 1.29 is 15.0 Å². The van der Waals surface area contributed by atoms with Crippen LogP contribution in [0.2, 0.25) is 0 Å². The summed E-state index contributed by atoms with van der Waals surface area (Å²) in [7, 11) is 0. The summed E-state index contributed by atoms with van der Waals surface area (Å²) in [4.78, 5) is 22.0. The molecule has 76 valence electrons. The Hall–Kier alpha value is -2.37. The predicted molar refractivity (Wildman–Crippen MR) is 50.5 cm³/mol. The summed E-state index contributed by atoms with van der Waals surface area (Å²) >= 11 is 0. The SMILES string of the molecule is O=[N+]([O-])OOc1ccc2ccccc2n1. The molecule has 0 unspecified atom stereocenters. The molecule has 0 amide bonds. The molecule has 15 heavy (non-hydrogen) atoms. The molecule has 0 radical (unpaired) electrons. The second kappa shape index (κ2) is 3.79. The molecule has 0 saturated carbocycles. The van der Waals surface area contributed by atoms with Gasteiger partial charge in [0.25, 0.3) is 5.88 Å². The summed E-state index contributed by atoms with van der Waals surface area (Å²) in [6, 6.07) is 10.6. The smallest absolute Gasteiger partial charge is 0.279 e. The normalized spacial score (nSPS) is 9.87. The van der Waals surface area contributed by atoms with Gasteiger partial charge in [-0.05, 0) is 12.1 Å². The first-order chi connectivity index (χ1) is 7.25. The Morgan fingerprint density at radius 1 is 1.20 bits per heavy atom. The fourth-order valence-electron chi connectivity index (χ4n) is 1.16. The predicted octanol–water partition coefficient (Wildman–Crippen LogP) is 1.74. The Balaban J connectivity index is 2.26. The Morgan fingerprint density at radius 3 is 2.80 bits per heavy atom. The number of hydrogen-bond acceptors (Lipinski definition) is 5. The van der Waals surface area contributed by atoms with E-state index in [9.17, 15) is 10.1 Å². The minimum Gasteiger partial charge on any atom is -0.279 e. The lowest BCUT2D eigenvalue weighted by atomic mass is 10.2. The van der Waals surface area contributed by atoms with E-state index in [-0.39, 0.29) is 5.88 Å². The highest BCUT2D eigenvalue weighted by atomic mass is 17.3. The van der Waals surface area contributed by atoms with Gasteiger partial charge in [-0.15, -0.1) is 10.1 Å². The molecule has 0 saturated heterocycles. The molecule has 1 aromatic carbocycles. The van der Waals surface area contributed by atoms with Gasteiger partial charge in [0, 0.05) is 11.5 Å². The molecule has 1 heterocycles. The highest BCUT2D eigenvalue weighted by molar-refractivity contribution is 5.78. The monoisotopic (exact) mass is 206 g/mol. The van der Waals surface area contributed by atoms with Crippen LogP contribution in [0, 0.1) is 10.1 Å². The molecule has 0 N–H and O–H groups in total. The van der Waals surface area contributed by atoms with Crippen molar-refractivity contribution in [3.8, 4) is 5.88 Å². The van der Waals surface area contributed by atoms with Crippen molar-refractivity contribution in [1.82, 2.24) is 4.98 Å². The largest absolute Gasteiger partial charge is 0.331 e. The van der Waals surface area contributed by atoms with Crippen LogP contribution in [0.3, 0.4) is 0 Å². The van der Waals surface area contributed by atoms with Crippen LogP contribution in [0.4, 0.5) is 0 Å². The summed E-state index contributed by atoms with van der Waals surface area (Å²) in [6.07, 6.45) is 0. The molecule has 0 aliphatic heterocycles. The third kappa shape index (κ3) is 2.11. The Kier molecular flexibility index (Phi) is 2.32. The van der Waals surface area contributed by atoms with Gasteiger partial charge in [0.1, 0.15) is 0 Å². The van der Waals surface area contributed by atoms with Crippen LogP contribution in [0.25, 0.3) is 10.9 Å². The van der Waals surface area contributed by atoms with Crippen molar-refractivity contribution in [2.75, 3.05) is 0 Å². The van der Waals surface area contributed by atoms with Crippen LogP contribution in [-0.4, -0.2) is 10.1 Å². The Bertz CT molecular complexity index is 500. The zero-order valence-corrected chi connectivity index (χ0v) is 7.49. The molecule has 0 aliphatic carbocycles.